The lowest BCUT2D eigenvalue weighted by Crippen LogP contribution is -2.50. The molecule has 0 aromatic heterocycles. The minimum absolute atomic E-state index is 0.0865. The van der Waals surface area contributed by atoms with Crippen LogP contribution in [0.1, 0.15) is 25.3 Å². The Morgan fingerprint density at radius 3 is 2.86 bits per heavy atom. The zero-order chi connectivity index (χ0) is 15.0. The Kier molecular flexibility index (Phi) is 3.69. The van der Waals surface area contributed by atoms with Crippen molar-refractivity contribution in [1.82, 2.24) is 4.90 Å². The average molecular weight is 305 g/mol. The number of benzene rings is 1. The third kappa shape index (κ3) is 2.67. The van der Waals surface area contributed by atoms with Gasteiger partial charge in [0.25, 0.3) is 0 Å². The number of hydrogen-bond acceptors (Lipinski definition) is 3. The summed E-state index contributed by atoms with van der Waals surface area (Å²) in [6.45, 7) is 2.75. The number of carboxylic acid groups (broad SMARTS) is 1. The SMILES string of the molecule is CC1(C(=O)O)CCCN(C(=O)C2Cc3ccccc3S2)C1. The first kappa shape index (κ1) is 14.4. The highest BCUT2D eigenvalue weighted by Crippen LogP contribution is 2.39. The van der Waals surface area contributed by atoms with Crippen molar-refractivity contribution >= 4 is 23.6 Å². The number of thioether (sulfide) groups is 1. The summed E-state index contributed by atoms with van der Waals surface area (Å²) in [5.74, 6) is -0.717. The second-order valence-electron chi connectivity index (χ2n) is 6.15. The number of nitrogens with zero attached hydrogens (tertiary/aromatic N) is 1. The van der Waals surface area contributed by atoms with Gasteiger partial charge in [-0.3, -0.25) is 9.59 Å². The number of carbonyl (C=O) groups is 2. The van der Waals surface area contributed by atoms with Gasteiger partial charge in [-0.15, -0.1) is 11.8 Å². The molecule has 1 amide bonds. The fourth-order valence-electron chi connectivity index (χ4n) is 3.13. The molecule has 112 valence electrons. The van der Waals surface area contributed by atoms with Gasteiger partial charge >= 0.3 is 5.97 Å². The number of amides is 1. The second kappa shape index (κ2) is 5.37. The maximum Gasteiger partial charge on any atom is 0.311 e. The second-order valence-corrected chi connectivity index (χ2v) is 7.39. The van der Waals surface area contributed by atoms with E-state index in [9.17, 15) is 14.7 Å². The van der Waals surface area contributed by atoms with Crippen LogP contribution >= 0.6 is 11.8 Å². The maximum absolute atomic E-state index is 12.7. The predicted octanol–water partition coefficient (Wildman–Crippen LogP) is 2.42. The van der Waals surface area contributed by atoms with Crippen LogP contribution in [0.25, 0.3) is 0 Å². The normalized spacial score (nSPS) is 28.2. The molecule has 1 N–H and O–H groups in total. The number of hydrogen-bond donors (Lipinski definition) is 1. The molecular weight excluding hydrogens is 286 g/mol. The Bertz CT molecular complexity index is 564. The fraction of sp³-hybridized carbons (Fsp3) is 0.500. The first-order valence-corrected chi connectivity index (χ1v) is 8.14. The molecule has 5 heteroatoms. The largest absolute Gasteiger partial charge is 0.481 e. The number of aliphatic carboxylic acids is 1. The van der Waals surface area contributed by atoms with E-state index >= 15 is 0 Å². The molecule has 1 fully saturated rings. The summed E-state index contributed by atoms with van der Waals surface area (Å²) in [4.78, 5) is 27.0. The zero-order valence-corrected chi connectivity index (χ0v) is 12.9. The van der Waals surface area contributed by atoms with Gasteiger partial charge in [0, 0.05) is 18.0 Å². The fourth-order valence-corrected chi connectivity index (χ4v) is 4.40. The van der Waals surface area contributed by atoms with E-state index in [-0.39, 0.29) is 11.2 Å². The van der Waals surface area contributed by atoms with E-state index in [1.54, 1.807) is 23.6 Å². The number of carboxylic acids is 1. The van der Waals surface area contributed by atoms with E-state index in [4.69, 9.17) is 0 Å². The number of rotatable bonds is 2. The van der Waals surface area contributed by atoms with Crippen LogP contribution in [0.4, 0.5) is 0 Å². The van der Waals surface area contributed by atoms with Crippen LogP contribution in [0.3, 0.4) is 0 Å². The van der Waals surface area contributed by atoms with E-state index in [1.165, 1.54) is 10.5 Å². The van der Waals surface area contributed by atoms with E-state index in [0.29, 0.717) is 19.5 Å². The molecule has 3 rings (SSSR count). The molecule has 1 aromatic rings. The minimum Gasteiger partial charge on any atom is -0.481 e. The van der Waals surface area contributed by atoms with Crippen molar-refractivity contribution in [3.05, 3.63) is 29.8 Å². The molecule has 1 saturated heterocycles. The molecule has 4 nitrogen and oxygen atoms in total. The maximum atomic E-state index is 12.7. The van der Waals surface area contributed by atoms with Crippen molar-refractivity contribution in [3.63, 3.8) is 0 Å². The van der Waals surface area contributed by atoms with Gasteiger partial charge in [0.2, 0.25) is 5.91 Å². The Labute approximate surface area is 128 Å². The highest BCUT2D eigenvalue weighted by Gasteiger charge is 2.41. The van der Waals surface area contributed by atoms with Crippen molar-refractivity contribution in [2.24, 2.45) is 5.41 Å². The molecule has 0 spiro atoms. The number of carbonyl (C=O) groups excluding carboxylic acids is 1. The quantitative estimate of drug-likeness (QED) is 0.911. The number of piperidine rings is 1. The molecule has 2 heterocycles. The van der Waals surface area contributed by atoms with Gasteiger partial charge < -0.3 is 10.0 Å². The van der Waals surface area contributed by atoms with Gasteiger partial charge in [0.15, 0.2) is 0 Å². The van der Waals surface area contributed by atoms with Crippen LogP contribution in [0.5, 0.6) is 0 Å². The van der Waals surface area contributed by atoms with Crippen LogP contribution in [0.2, 0.25) is 0 Å². The summed E-state index contributed by atoms with van der Waals surface area (Å²) in [7, 11) is 0. The van der Waals surface area contributed by atoms with Gasteiger partial charge in [-0.05, 0) is 37.8 Å². The number of fused-ring (bicyclic) bond motifs is 1. The first-order chi connectivity index (χ1) is 9.99. The summed E-state index contributed by atoms with van der Waals surface area (Å²) in [6, 6.07) is 8.09. The Morgan fingerprint density at radius 1 is 1.38 bits per heavy atom. The standard InChI is InChI=1S/C16H19NO3S/c1-16(15(19)20)7-4-8-17(10-16)14(18)13-9-11-5-2-3-6-12(11)21-13/h2-3,5-6,13H,4,7-10H2,1H3,(H,19,20). The number of likely N-dealkylation sites (tertiary alicyclic amines) is 1. The van der Waals surface area contributed by atoms with E-state index < -0.39 is 11.4 Å². The lowest BCUT2D eigenvalue weighted by Gasteiger charge is -2.38. The molecule has 2 aliphatic rings. The zero-order valence-electron chi connectivity index (χ0n) is 12.0. The average Bonchev–Trinajstić information content (AvgIpc) is 2.90. The van der Waals surface area contributed by atoms with Gasteiger partial charge in [-0.1, -0.05) is 18.2 Å². The molecule has 2 atom stereocenters. The topological polar surface area (TPSA) is 57.6 Å². The van der Waals surface area contributed by atoms with E-state index in [1.807, 2.05) is 18.2 Å². The lowest BCUT2D eigenvalue weighted by atomic mass is 9.82. The van der Waals surface area contributed by atoms with Crippen molar-refractivity contribution in [2.75, 3.05) is 13.1 Å². The Balaban J connectivity index is 1.71. The monoisotopic (exact) mass is 305 g/mol. The van der Waals surface area contributed by atoms with Crippen LogP contribution in [-0.2, 0) is 16.0 Å². The molecule has 0 saturated carbocycles. The van der Waals surface area contributed by atoms with Crippen molar-refractivity contribution in [1.29, 1.82) is 0 Å². The summed E-state index contributed by atoms with van der Waals surface area (Å²) in [6.07, 6.45) is 2.16. The molecule has 0 bridgehead atoms. The highest BCUT2D eigenvalue weighted by molar-refractivity contribution is 8.01. The Morgan fingerprint density at radius 2 is 2.14 bits per heavy atom. The summed E-state index contributed by atoms with van der Waals surface area (Å²) in [5.41, 5.74) is 0.420. The van der Waals surface area contributed by atoms with Crippen LogP contribution in [0.15, 0.2) is 29.2 Å². The van der Waals surface area contributed by atoms with Crippen LogP contribution in [0, 0.1) is 5.41 Å². The first-order valence-electron chi connectivity index (χ1n) is 7.26. The smallest absolute Gasteiger partial charge is 0.311 e. The molecule has 0 aliphatic carbocycles. The third-order valence-corrected chi connectivity index (χ3v) is 5.75. The molecule has 1 aromatic carbocycles. The van der Waals surface area contributed by atoms with Crippen molar-refractivity contribution in [3.8, 4) is 0 Å². The predicted molar refractivity (Wildman–Crippen MR) is 81.3 cm³/mol. The van der Waals surface area contributed by atoms with Gasteiger partial charge in [0.05, 0.1) is 10.7 Å². The molecule has 2 aliphatic heterocycles. The summed E-state index contributed by atoms with van der Waals surface area (Å²) >= 11 is 1.61. The molecule has 0 radical (unpaired) electrons. The highest BCUT2D eigenvalue weighted by atomic mass is 32.2. The Hall–Kier alpha value is -1.49. The van der Waals surface area contributed by atoms with Crippen molar-refractivity contribution in [2.45, 2.75) is 36.3 Å². The van der Waals surface area contributed by atoms with Crippen molar-refractivity contribution < 1.29 is 14.7 Å². The molecule has 21 heavy (non-hydrogen) atoms. The summed E-state index contributed by atoms with van der Waals surface area (Å²) in [5, 5.41) is 9.26. The van der Waals surface area contributed by atoms with Gasteiger partial charge in [-0.2, -0.15) is 0 Å². The van der Waals surface area contributed by atoms with Crippen LogP contribution < -0.4 is 0 Å². The van der Waals surface area contributed by atoms with E-state index in [0.717, 1.165) is 12.8 Å². The van der Waals surface area contributed by atoms with Gasteiger partial charge in [0.1, 0.15) is 0 Å². The molecule has 2 unspecified atom stereocenters. The molecular formula is C16H19NO3S. The van der Waals surface area contributed by atoms with Gasteiger partial charge in [-0.25, -0.2) is 0 Å². The minimum atomic E-state index is -0.803. The van der Waals surface area contributed by atoms with E-state index in [2.05, 4.69) is 6.07 Å². The third-order valence-electron chi connectivity index (χ3n) is 4.45. The lowest BCUT2D eigenvalue weighted by molar-refractivity contribution is -0.153. The summed E-state index contributed by atoms with van der Waals surface area (Å²) < 4.78 is 0. The van der Waals surface area contributed by atoms with Crippen LogP contribution in [-0.4, -0.2) is 40.2 Å².